The van der Waals surface area contributed by atoms with Crippen LogP contribution in [0.25, 0.3) is 22.0 Å². The predicted molar refractivity (Wildman–Crippen MR) is 84.7 cm³/mol. The quantitative estimate of drug-likeness (QED) is 0.703. The summed E-state index contributed by atoms with van der Waals surface area (Å²) in [6.45, 7) is 0.859. The van der Waals surface area contributed by atoms with Crippen LogP contribution < -0.4 is 5.73 Å². The zero-order valence-electron chi connectivity index (χ0n) is 11.5. The Balaban J connectivity index is 1.87. The molecule has 1 fully saturated rings. The summed E-state index contributed by atoms with van der Waals surface area (Å²) in [5, 5.41) is 5.71. The monoisotopic (exact) mass is 295 g/mol. The van der Waals surface area contributed by atoms with Gasteiger partial charge >= 0.3 is 0 Å². The number of nitrogens with zero attached hydrogens (tertiary/aromatic N) is 3. The Bertz CT molecular complexity index is 804. The maximum absolute atomic E-state index is 10.1. The lowest BCUT2D eigenvalue weighted by Crippen LogP contribution is -2.01. The number of benzene rings is 2. The van der Waals surface area contributed by atoms with Gasteiger partial charge in [-0.15, -0.1) is 10.8 Å². The van der Waals surface area contributed by atoms with Crippen LogP contribution in [-0.4, -0.2) is 9.78 Å². The van der Waals surface area contributed by atoms with Gasteiger partial charge in [-0.1, -0.05) is 41.9 Å². The molecule has 104 valence electrons. The maximum Gasteiger partial charge on any atom is 0.203 e. The van der Waals surface area contributed by atoms with E-state index in [0.717, 1.165) is 28.6 Å². The van der Waals surface area contributed by atoms with E-state index >= 15 is 0 Å². The highest BCUT2D eigenvalue weighted by Crippen LogP contribution is 2.36. The third kappa shape index (κ3) is 2.28. The fourth-order valence-corrected chi connectivity index (χ4v) is 2.97. The molecular weight excluding hydrogens is 282 g/mol. The fraction of sp³-hybridized carbons (Fsp3) is 0.235. The summed E-state index contributed by atoms with van der Waals surface area (Å²) in [7, 11) is 0. The Morgan fingerprint density at radius 2 is 1.95 bits per heavy atom. The molecule has 21 heavy (non-hydrogen) atoms. The molecule has 0 spiro atoms. The van der Waals surface area contributed by atoms with E-state index in [1.165, 1.54) is 12.8 Å². The van der Waals surface area contributed by atoms with E-state index in [-0.39, 0.29) is 5.82 Å². The molecule has 4 rings (SSSR count). The van der Waals surface area contributed by atoms with Crippen LogP contribution in [0, 0.1) is 5.92 Å². The molecule has 3 aromatic rings. The summed E-state index contributed by atoms with van der Waals surface area (Å²) in [4.78, 5) is 0. The summed E-state index contributed by atoms with van der Waals surface area (Å²) in [6.07, 6.45) is 2.50. The molecule has 0 unspecified atom stereocenters. The summed E-state index contributed by atoms with van der Waals surface area (Å²) < 4.78 is 1.88. The lowest BCUT2D eigenvalue weighted by Gasteiger charge is -2.06. The van der Waals surface area contributed by atoms with E-state index in [2.05, 4.69) is 5.10 Å². The van der Waals surface area contributed by atoms with Crippen molar-refractivity contribution in [1.29, 1.82) is 0 Å². The van der Waals surface area contributed by atoms with Gasteiger partial charge in [-0.25, -0.2) is 0 Å². The predicted octanol–water partition coefficient (Wildman–Crippen LogP) is 4.47. The molecule has 1 aliphatic rings. The van der Waals surface area contributed by atoms with Gasteiger partial charge in [0, 0.05) is 17.5 Å². The van der Waals surface area contributed by atoms with E-state index in [9.17, 15) is 5.73 Å². The highest BCUT2D eigenvalue weighted by atomic mass is 35.5. The van der Waals surface area contributed by atoms with E-state index in [4.69, 9.17) is 11.6 Å². The number of hydrogen-bond acceptors (Lipinski definition) is 1. The van der Waals surface area contributed by atoms with Gasteiger partial charge in [-0.05, 0) is 36.5 Å². The van der Waals surface area contributed by atoms with Crippen molar-refractivity contribution in [3.8, 4) is 11.1 Å². The van der Waals surface area contributed by atoms with E-state index in [1.807, 2.05) is 47.1 Å². The molecule has 2 radical (unpaired) electrons. The van der Waals surface area contributed by atoms with Gasteiger partial charge in [0.15, 0.2) is 0 Å². The molecule has 1 saturated carbocycles. The zero-order valence-corrected chi connectivity index (χ0v) is 12.2. The molecule has 0 amide bonds. The van der Waals surface area contributed by atoms with Crippen molar-refractivity contribution in [3.63, 3.8) is 0 Å². The largest absolute Gasteiger partial charge is 0.262 e. The number of halogens is 1. The van der Waals surface area contributed by atoms with Gasteiger partial charge in [0.25, 0.3) is 0 Å². The fourth-order valence-electron chi connectivity index (χ4n) is 2.70. The van der Waals surface area contributed by atoms with Crippen LogP contribution in [-0.2, 0) is 6.54 Å². The van der Waals surface area contributed by atoms with Crippen molar-refractivity contribution in [2.75, 3.05) is 0 Å². The Labute approximate surface area is 128 Å². The third-order valence-electron chi connectivity index (χ3n) is 4.03. The molecule has 1 aromatic heterocycles. The zero-order chi connectivity index (χ0) is 14.4. The Kier molecular flexibility index (Phi) is 2.89. The number of rotatable bonds is 3. The Morgan fingerprint density at radius 1 is 1.19 bits per heavy atom. The number of aromatic nitrogens is 2. The standard InChI is InChI=1S/C17H14ClN3/c18-15-9-16-14(8-13(15)12-4-2-1-3-5-12)17(19)20-21(16)10-11-6-7-11/h1-5,8-9,11H,6-7,10H2. The summed E-state index contributed by atoms with van der Waals surface area (Å²) >= 11 is 6.45. The SMILES string of the molecule is [N]c1nn(CC2CC2)c2cc(Cl)c(-c3ccccc3)cc12. The van der Waals surface area contributed by atoms with Crippen molar-refractivity contribution in [2.24, 2.45) is 5.92 Å². The molecule has 0 saturated heterocycles. The lowest BCUT2D eigenvalue weighted by atomic mass is 10.0. The molecule has 0 atom stereocenters. The first-order valence-corrected chi connectivity index (χ1v) is 7.54. The minimum Gasteiger partial charge on any atom is -0.262 e. The van der Waals surface area contributed by atoms with Crippen LogP contribution in [0.5, 0.6) is 0 Å². The highest BCUT2D eigenvalue weighted by molar-refractivity contribution is 6.34. The van der Waals surface area contributed by atoms with E-state index in [1.54, 1.807) is 0 Å². The van der Waals surface area contributed by atoms with Gasteiger partial charge in [-0.2, -0.15) is 0 Å². The average molecular weight is 296 g/mol. The Hall–Kier alpha value is -2.00. The van der Waals surface area contributed by atoms with Crippen LogP contribution in [0.4, 0.5) is 5.82 Å². The molecule has 0 bridgehead atoms. The Morgan fingerprint density at radius 3 is 2.67 bits per heavy atom. The van der Waals surface area contributed by atoms with Crippen molar-refractivity contribution >= 4 is 28.3 Å². The van der Waals surface area contributed by atoms with Gasteiger partial charge < -0.3 is 0 Å². The first-order chi connectivity index (χ1) is 10.2. The van der Waals surface area contributed by atoms with E-state index < -0.39 is 0 Å². The maximum atomic E-state index is 10.1. The molecule has 1 aliphatic carbocycles. The molecule has 0 aliphatic heterocycles. The summed E-state index contributed by atoms with van der Waals surface area (Å²) in [5.74, 6) is 0.777. The van der Waals surface area contributed by atoms with Gasteiger partial charge in [0.1, 0.15) is 0 Å². The minimum atomic E-state index is 0.0829. The third-order valence-corrected chi connectivity index (χ3v) is 4.35. The van der Waals surface area contributed by atoms with Crippen molar-refractivity contribution < 1.29 is 0 Å². The van der Waals surface area contributed by atoms with Crippen molar-refractivity contribution in [2.45, 2.75) is 19.4 Å². The first-order valence-electron chi connectivity index (χ1n) is 7.17. The minimum absolute atomic E-state index is 0.0829. The lowest BCUT2D eigenvalue weighted by molar-refractivity contribution is 0.581. The van der Waals surface area contributed by atoms with Crippen molar-refractivity contribution in [1.82, 2.24) is 15.5 Å². The van der Waals surface area contributed by atoms with Gasteiger partial charge in [0.2, 0.25) is 5.82 Å². The molecule has 4 heteroatoms. The van der Waals surface area contributed by atoms with Crippen LogP contribution in [0.2, 0.25) is 5.02 Å². The van der Waals surface area contributed by atoms with Crippen molar-refractivity contribution in [3.05, 3.63) is 47.5 Å². The molecule has 0 N–H and O–H groups in total. The normalized spacial score (nSPS) is 14.7. The second kappa shape index (κ2) is 4.78. The van der Waals surface area contributed by atoms with Gasteiger partial charge in [0.05, 0.1) is 10.5 Å². The average Bonchev–Trinajstić information content (AvgIpc) is 3.26. The van der Waals surface area contributed by atoms with Gasteiger partial charge in [-0.3, -0.25) is 4.68 Å². The molecule has 3 nitrogen and oxygen atoms in total. The van der Waals surface area contributed by atoms with Crippen LogP contribution in [0.3, 0.4) is 0 Å². The smallest absolute Gasteiger partial charge is 0.203 e. The second-order valence-corrected chi connectivity index (χ2v) is 6.07. The first kappa shape index (κ1) is 12.7. The summed E-state index contributed by atoms with van der Waals surface area (Å²) in [5.41, 5.74) is 13.0. The molecule has 2 aromatic carbocycles. The van der Waals surface area contributed by atoms with E-state index in [0.29, 0.717) is 10.9 Å². The van der Waals surface area contributed by atoms with Crippen LogP contribution in [0.15, 0.2) is 42.5 Å². The molecule has 1 heterocycles. The topological polar surface area (TPSA) is 40.1 Å². The number of fused-ring (bicyclic) bond motifs is 1. The molecular formula is C17H14ClN3. The summed E-state index contributed by atoms with van der Waals surface area (Å²) in [6, 6.07) is 13.8. The van der Waals surface area contributed by atoms with Crippen LogP contribution >= 0.6 is 11.6 Å². The van der Waals surface area contributed by atoms with Crippen LogP contribution in [0.1, 0.15) is 12.8 Å². The second-order valence-electron chi connectivity index (χ2n) is 5.66. The highest BCUT2D eigenvalue weighted by Gasteiger charge is 2.24. The number of hydrogen-bond donors (Lipinski definition) is 0.